The van der Waals surface area contributed by atoms with Crippen molar-refractivity contribution in [1.82, 2.24) is 4.98 Å². The highest BCUT2D eigenvalue weighted by atomic mass is 16.5. The summed E-state index contributed by atoms with van der Waals surface area (Å²) in [6.45, 7) is 2.10. The maximum atomic E-state index is 6.27. The number of aromatic nitrogens is 2. The molecule has 0 saturated heterocycles. The molecule has 6 aromatic rings. The molecule has 0 bridgehead atoms. The molecule has 0 N–H and O–H groups in total. The molecule has 0 amide bonds. The number of hydrogen-bond acceptors (Lipinski definition) is 3. The van der Waals surface area contributed by atoms with Gasteiger partial charge in [-0.15, -0.1) is 0 Å². The highest BCUT2D eigenvalue weighted by molar-refractivity contribution is 6.19. The van der Waals surface area contributed by atoms with E-state index in [-0.39, 0.29) is 0 Å². The zero-order chi connectivity index (χ0) is 20.2. The predicted molar refractivity (Wildman–Crippen MR) is 118 cm³/mol. The van der Waals surface area contributed by atoms with E-state index in [0.29, 0.717) is 5.78 Å². The zero-order valence-corrected chi connectivity index (χ0v) is 16.7. The highest BCUT2D eigenvalue weighted by Crippen LogP contribution is 2.41. The number of para-hydroxylation sites is 1. The molecular weight excluding hydrogens is 372 g/mol. The Morgan fingerprint density at radius 1 is 0.833 bits per heavy atom. The minimum absolute atomic E-state index is 0.564. The van der Waals surface area contributed by atoms with E-state index in [2.05, 4.69) is 48.0 Å². The summed E-state index contributed by atoms with van der Waals surface area (Å²) < 4.78 is 14.4. The number of fused-ring (bicyclic) bond motifs is 5. The summed E-state index contributed by atoms with van der Waals surface area (Å²) in [5.41, 5.74) is 6.88. The molecule has 0 unspecified atom stereocenters. The molecule has 6 rings (SSSR count). The molecule has 4 heteroatoms. The van der Waals surface area contributed by atoms with Crippen LogP contribution in [0.1, 0.15) is 5.56 Å². The fraction of sp³-hybridized carbons (Fsp3) is 0.0769. The predicted octanol–water partition coefficient (Wildman–Crippen LogP) is 6.19. The van der Waals surface area contributed by atoms with Gasteiger partial charge < -0.3 is 8.83 Å². The van der Waals surface area contributed by atoms with Crippen molar-refractivity contribution in [2.75, 3.05) is 0 Å². The van der Waals surface area contributed by atoms with Gasteiger partial charge in [-0.1, -0.05) is 60.7 Å². The molecule has 3 heterocycles. The largest absolute Gasteiger partial charge is 0.425 e. The van der Waals surface area contributed by atoms with E-state index in [0.717, 1.165) is 55.4 Å². The van der Waals surface area contributed by atoms with Crippen LogP contribution in [0.4, 0.5) is 0 Å². The van der Waals surface area contributed by atoms with E-state index in [1.165, 1.54) is 0 Å². The smallest absolute Gasteiger partial charge is 0.299 e. The van der Waals surface area contributed by atoms with Gasteiger partial charge >= 0.3 is 0 Å². The van der Waals surface area contributed by atoms with Gasteiger partial charge in [0.15, 0.2) is 11.8 Å². The van der Waals surface area contributed by atoms with E-state index in [1.807, 2.05) is 49.6 Å². The molecule has 0 aliphatic carbocycles. The van der Waals surface area contributed by atoms with Crippen LogP contribution in [0.15, 0.2) is 88.0 Å². The monoisotopic (exact) mass is 391 g/mol. The quantitative estimate of drug-likeness (QED) is 0.330. The van der Waals surface area contributed by atoms with Crippen molar-refractivity contribution in [3.63, 3.8) is 0 Å². The second-order valence-corrected chi connectivity index (χ2v) is 7.63. The van der Waals surface area contributed by atoms with E-state index in [9.17, 15) is 0 Å². The lowest BCUT2D eigenvalue weighted by Gasteiger charge is -2.06. The van der Waals surface area contributed by atoms with Gasteiger partial charge in [0.2, 0.25) is 5.69 Å². The summed E-state index contributed by atoms with van der Waals surface area (Å²) in [6.07, 6.45) is 3.98. The van der Waals surface area contributed by atoms with Crippen molar-refractivity contribution < 1.29 is 13.4 Å². The van der Waals surface area contributed by atoms with E-state index < -0.39 is 0 Å². The van der Waals surface area contributed by atoms with Crippen LogP contribution in [0, 0.1) is 6.92 Å². The third kappa shape index (κ3) is 2.40. The number of rotatable bonds is 2. The fourth-order valence-electron chi connectivity index (χ4n) is 4.25. The van der Waals surface area contributed by atoms with Gasteiger partial charge in [-0.25, -0.2) is 4.98 Å². The number of hydrogen-bond donors (Lipinski definition) is 0. The first-order valence-electron chi connectivity index (χ1n) is 9.95. The molecule has 3 aromatic carbocycles. The molecule has 3 aromatic heterocycles. The zero-order valence-electron chi connectivity index (χ0n) is 16.7. The molecule has 0 fully saturated rings. The highest BCUT2D eigenvalue weighted by Gasteiger charge is 2.24. The van der Waals surface area contributed by atoms with Gasteiger partial charge in [0.25, 0.3) is 5.78 Å². The number of benzene rings is 3. The molecule has 0 saturated carbocycles. The van der Waals surface area contributed by atoms with Crippen LogP contribution in [-0.4, -0.2) is 4.98 Å². The van der Waals surface area contributed by atoms with Crippen molar-refractivity contribution in [3.05, 3.63) is 84.7 Å². The van der Waals surface area contributed by atoms with Crippen LogP contribution in [0.2, 0.25) is 0 Å². The van der Waals surface area contributed by atoms with Crippen LogP contribution < -0.4 is 4.57 Å². The van der Waals surface area contributed by atoms with Gasteiger partial charge in [0.05, 0.1) is 10.9 Å². The lowest BCUT2D eigenvalue weighted by molar-refractivity contribution is -0.660. The van der Waals surface area contributed by atoms with Gasteiger partial charge in [-0.3, -0.25) is 0 Å². The van der Waals surface area contributed by atoms with Gasteiger partial charge in [0, 0.05) is 16.3 Å². The number of aryl methyl sites for hydroxylation is 2. The van der Waals surface area contributed by atoms with E-state index >= 15 is 0 Å². The molecule has 0 spiro atoms. The van der Waals surface area contributed by atoms with Crippen molar-refractivity contribution in [2.24, 2.45) is 7.05 Å². The first-order chi connectivity index (χ1) is 14.7. The first kappa shape index (κ1) is 17.0. The Hall–Kier alpha value is -3.92. The maximum absolute atomic E-state index is 6.27. The molecule has 30 heavy (non-hydrogen) atoms. The Balaban J connectivity index is 1.61. The molecular formula is C26H19N2O2+. The second kappa shape index (κ2) is 6.29. The van der Waals surface area contributed by atoms with Gasteiger partial charge in [-0.05, 0) is 18.6 Å². The topological polar surface area (TPSA) is 43.1 Å². The average molecular weight is 391 g/mol. The summed E-state index contributed by atoms with van der Waals surface area (Å²) in [7, 11) is 2.05. The van der Waals surface area contributed by atoms with Crippen LogP contribution in [-0.2, 0) is 7.05 Å². The molecule has 4 nitrogen and oxygen atoms in total. The minimum Gasteiger partial charge on any atom is -0.425 e. The minimum atomic E-state index is 0.564. The third-order valence-electron chi connectivity index (χ3n) is 5.74. The first-order valence-corrected chi connectivity index (χ1v) is 9.95. The van der Waals surface area contributed by atoms with Crippen LogP contribution in [0.5, 0.6) is 0 Å². The van der Waals surface area contributed by atoms with Gasteiger partial charge in [-0.2, -0.15) is 4.57 Å². The third-order valence-corrected chi connectivity index (χ3v) is 5.74. The van der Waals surface area contributed by atoms with Crippen LogP contribution >= 0.6 is 0 Å². The van der Waals surface area contributed by atoms with Gasteiger partial charge in [0.1, 0.15) is 24.5 Å². The molecule has 0 atom stereocenters. The Morgan fingerprint density at radius 3 is 2.47 bits per heavy atom. The summed E-state index contributed by atoms with van der Waals surface area (Å²) in [6, 6.07) is 22.5. The molecule has 0 aliphatic heterocycles. The number of nitrogens with zero attached hydrogens (tertiary/aromatic N) is 2. The summed E-state index contributed by atoms with van der Waals surface area (Å²) in [4.78, 5) is 4.74. The number of furan rings is 2. The summed E-state index contributed by atoms with van der Waals surface area (Å²) >= 11 is 0. The lowest BCUT2D eigenvalue weighted by atomic mass is 10.0. The van der Waals surface area contributed by atoms with Crippen molar-refractivity contribution in [2.45, 2.75) is 6.92 Å². The Labute approximate surface area is 173 Å². The standard InChI is InChI=1S/C26H19N2O2/c1-16-12-13-19-24-18-10-6-7-11-22(18)29-26(24)30-25(19)23(16)21-14-27-20(15-28(21)2)17-8-4-3-5-9-17/h3-15H,1-2H3/q+1. The molecule has 0 radical (unpaired) electrons. The summed E-state index contributed by atoms with van der Waals surface area (Å²) in [5, 5.41) is 3.16. The summed E-state index contributed by atoms with van der Waals surface area (Å²) in [5.74, 6) is 0.564. The van der Waals surface area contributed by atoms with Crippen molar-refractivity contribution >= 4 is 33.1 Å². The Kier molecular flexibility index (Phi) is 3.56. The maximum Gasteiger partial charge on any atom is 0.299 e. The van der Waals surface area contributed by atoms with Crippen molar-refractivity contribution in [3.8, 4) is 22.5 Å². The van der Waals surface area contributed by atoms with Crippen LogP contribution in [0.3, 0.4) is 0 Å². The lowest BCUT2D eigenvalue weighted by Crippen LogP contribution is -2.31. The SMILES string of the molecule is Cc1ccc2c(oc3oc4ccccc4c32)c1-c1cnc(-c2ccccc2)c[n+]1C. The Bertz CT molecular complexity index is 1560. The van der Waals surface area contributed by atoms with E-state index in [4.69, 9.17) is 13.8 Å². The van der Waals surface area contributed by atoms with E-state index in [1.54, 1.807) is 0 Å². The average Bonchev–Trinajstić information content (AvgIpc) is 3.31. The second-order valence-electron chi connectivity index (χ2n) is 7.63. The van der Waals surface area contributed by atoms with Crippen LogP contribution in [0.25, 0.3) is 55.6 Å². The van der Waals surface area contributed by atoms with Crippen molar-refractivity contribution in [1.29, 1.82) is 0 Å². The Morgan fingerprint density at radius 2 is 1.63 bits per heavy atom. The fourth-order valence-corrected chi connectivity index (χ4v) is 4.25. The molecule has 144 valence electrons. The normalized spacial score (nSPS) is 11.7. The molecule has 0 aliphatic rings.